The molecule has 0 spiro atoms. The summed E-state index contributed by atoms with van der Waals surface area (Å²) in [7, 11) is 0. The maximum Gasteiger partial charge on any atom is 0.253 e. The number of aliphatic hydroxyl groups excluding tert-OH is 2. The second-order valence-corrected chi connectivity index (χ2v) is 3.00. The Morgan fingerprint density at radius 2 is 1.35 bits per heavy atom. The average molecular weight is 335 g/mol. The molecule has 23 heavy (non-hydrogen) atoms. The summed E-state index contributed by atoms with van der Waals surface area (Å²) in [6.07, 6.45) is -4.31. The van der Waals surface area contributed by atoms with E-state index in [0.29, 0.717) is 13.1 Å². The van der Waals surface area contributed by atoms with Crippen molar-refractivity contribution in [2.45, 2.75) is 18.4 Å². The minimum absolute atomic E-state index is 0.00432. The van der Waals surface area contributed by atoms with Crippen LogP contribution in [0.1, 0.15) is 0 Å². The highest BCUT2D eigenvalue weighted by Gasteiger charge is 2.24. The summed E-state index contributed by atoms with van der Waals surface area (Å²) in [6, 6.07) is 0. The molecule has 0 aliphatic rings. The van der Waals surface area contributed by atoms with Crippen molar-refractivity contribution in [3.05, 3.63) is 39.5 Å². The molecule has 9 nitrogen and oxygen atoms in total. The molecule has 9 heteroatoms. The molecule has 1 amide bonds. The molecular weight excluding hydrogens is 302 g/mol. The van der Waals surface area contributed by atoms with E-state index in [0.717, 1.165) is 0 Å². The van der Waals surface area contributed by atoms with E-state index in [2.05, 4.69) is 44.8 Å². The molecule has 1 unspecified atom stereocenters. The van der Waals surface area contributed by atoms with Crippen molar-refractivity contribution in [1.82, 2.24) is 5.32 Å². The highest BCUT2D eigenvalue weighted by molar-refractivity contribution is 5.84. The van der Waals surface area contributed by atoms with Gasteiger partial charge in [-0.15, -0.1) is 39.5 Å². The fourth-order valence-corrected chi connectivity index (χ4v) is 0.557. The van der Waals surface area contributed by atoms with Crippen molar-refractivity contribution in [2.75, 3.05) is 19.6 Å². The third kappa shape index (κ3) is 28.9. The van der Waals surface area contributed by atoms with Gasteiger partial charge < -0.3 is 43.3 Å². The van der Waals surface area contributed by atoms with Crippen molar-refractivity contribution in [3.8, 4) is 0 Å². The Morgan fingerprint density at radius 3 is 1.57 bits per heavy atom. The maximum atomic E-state index is 10.9. The van der Waals surface area contributed by atoms with E-state index in [1.54, 1.807) is 0 Å². The number of hydrogen-bond donors (Lipinski definition) is 7. The van der Waals surface area contributed by atoms with Crippen LogP contribution >= 0.6 is 0 Å². The van der Waals surface area contributed by atoms with Gasteiger partial charge in [0.15, 0.2) is 12.4 Å². The Hall–Kier alpha value is -1.88. The van der Waals surface area contributed by atoms with Gasteiger partial charge in [-0.1, -0.05) is 0 Å². The molecule has 0 aromatic carbocycles. The van der Waals surface area contributed by atoms with Gasteiger partial charge in [0.1, 0.15) is 6.10 Å². The topological polar surface area (TPSA) is 191 Å². The highest BCUT2D eigenvalue weighted by Crippen LogP contribution is 1.90. The van der Waals surface area contributed by atoms with Gasteiger partial charge in [-0.2, -0.15) is 0 Å². The summed E-state index contributed by atoms with van der Waals surface area (Å²) >= 11 is 0. The molecule has 0 aromatic heterocycles. The fourth-order valence-electron chi connectivity index (χ4n) is 0.557. The highest BCUT2D eigenvalue weighted by atomic mass is 16.3. The molecule has 0 radical (unpaired) electrons. The number of nitrogens with two attached hydrogens (primary N) is 4. The number of aliphatic hydroxyl groups is 2. The number of carbonyl (C=O) groups is 2. The number of aldehydes is 1. The minimum atomic E-state index is -1.81. The summed E-state index contributed by atoms with van der Waals surface area (Å²) in [5, 5.41) is 19.8. The van der Waals surface area contributed by atoms with E-state index in [-0.39, 0.29) is 12.8 Å². The van der Waals surface area contributed by atoms with Gasteiger partial charge in [0.25, 0.3) is 5.91 Å². The Balaban J connectivity index is -0.0000000900. The number of hydrogen-bond acceptors (Lipinski definition) is 8. The monoisotopic (exact) mass is 335 g/mol. The number of amides is 1. The third-order valence-electron chi connectivity index (χ3n) is 1.48. The molecule has 0 bridgehead atoms. The van der Waals surface area contributed by atoms with Crippen molar-refractivity contribution in [3.63, 3.8) is 0 Å². The summed E-state index contributed by atoms with van der Waals surface area (Å²) < 4.78 is 0. The second-order valence-electron chi connectivity index (χ2n) is 3.00. The van der Waals surface area contributed by atoms with Crippen LogP contribution in [0.5, 0.6) is 0 Å². The molecule has 0 saturated heterocycles. The van der Waals surface area contributed by atoms with Gasteiger partial charge in [-0.25, -0.2) is 0 Å². The first-order valence-electron chi connectivity index (χ1n) is 6.42. The predicted octanol–water partition coefficient (Wildman–Crippen LogP) is -2.42. The standard InChI is InChI=1S/C6H13N3O4.C2H8N2.3C2H4/c7-1-4(8)9-6(13)5(12)3(11)2-10;3-1-2-4;3*1-2/h2-5,11-12H,1,7-8H2,(H,9,13);1-4H2;3*1-2H2/t3-,4?,5+;;;;/m0..../s1. The molecule has 0 aromatic rings. The van der Waals surface area contributed by atoms with Gasteiger partial charge in [-0.3, -0.25) is 4.79 Å². The van der Waals surface area contributed by atoms with Crippen LogP contribution in [-0.4, -0.2) is 60.4 Å². The van der Waals surface area contributed by atoms with Crippen LogP contribution in [0, 0.1) is 0 Å². The lowest BCUT2D eigenvalue weighted by molar-refractivity contribution is -0.140. The first-order chi connectivity index (χ1) is 10.9. The summed E-state index contributed by atoms with van der Waals surface area (Å²) in [5.41, 5.74) is 20.1. The molecule has 0 saturated carbocycles. The van der Waals surface area contributed by atoms with Crippen LogP contribution < -0.4 is 28.3 Å². The van der Waals surface area contributed by atoms with Gasteiger partial charge in [0.2, 0.25) is 0 Å². The Labute approximate surface area is 138 Å². The lowest BCUT2D eigenvalue weighted by atomic mass is 10.2. The zero-order valence-electron chi connectivity index (χ0n) is 13.7. The van der Waals surface area contributed by atoms with Crippen molar-refractivity contribution >= 4 is 12.2 Å². The normalized spacial score (nSPS) is 11.6. The van der Waals surface area contributed by atoms with Gasteiger partial charge in [0.05, 0.1) is 6.17 Å². The summed E-state index contributed by atoms with van der Waals surface area (Å²) in [4.78, 5) is 20.9. The second kappa shape index (κ2) is 32.2. The first kappa shape index (κ1) is 32.9. The Morgan fingerprint density at radius 1 is 1.00 bits per heavy atom. The average Bonchev–Trinajstić information content (AvgIpc) is 2.65. The van der Waals surface area contributed by atoms with E-state index in [1.165, 1.54) is 0 Å². The lowest BCUT2D eigenvalue weighted by Crippen LogP contribution is -2.52. The lowest BCUT2D eigenvalue weighted by Gasteiger charge is -2.16. The van der Waals surface area contributed by atoms with Gasteiger partial charge >= 0.3 is 0 Å². The van der Waals surface area contributed by atoms with Crippen molar-refractivity contribution in [1.29, 1.82) is 0 Å². The molecule has 138 valence electrons. The SMILES string of the molecule is C=C.C=C.C=C.NCC(N)NC(=O)[C@H](O)[C@@H](O)C=O.NCCN. The van der Waals surface area contributed by atoms with E-state index in [9.17, 15) is 9.59 Å². The predicted molar refractivity (Wildman–Crippen MR) is 95.1 cm³/mol. The molecule has 0 rings (SSSR count). The largest absolute Gasteiger partial charge is 0.382 e. The van der Waals surface area contributed by atoms with Crippen LogP contribution in [-0.2, 0) is 9.59 Å². The number of rotatable bonds is 6. The van der Waals surface area contributed by atoms with E-state index in [4.69, 9.17) is 33.1 Å². The van der Waals surface area contributed by atoms with Crippen LogP contribution in [0.15, 0.2) is 39.5 Å². The minimum Gasteiger partial charge on any atom is -0.382 e. The van der Waals surface area contributed by atoms with Gasteiger partial charge in [0, 0.05) is 19.6 Å². The third-order valence-corrected chi connectivity index (χ3v) is 1.48. The fraction of sp³-hybridized carbons (Fsp3) is 0.429. The van der Waals surface area contributed by atoms with Crippen molar-refractivity contribution in [2.24, 2.45) is 22.9 Å². The van der Waals surface area contributed by atoms with Gasteiger partial charge in [-0.05, 0) is 0 Å². The summed E-state index contributed by atoms with van der Waals surface area (Å²) in [5.74, 6) is -0.933. The zero-order chi connectivity index (χ0) is 19.8. The van der Waals surface area contributed by atoms with Crippen LogP contribution in [0.3, 0.4) is 0 Å². The Kier molecular flexibility index (Phi) is 46.0. The molecule has 0 aliphatic carbocycles. The van der Waals surface area contributed by atoms with Crippen LogP contribution in [0.4, 0.5) is 0 Å². The molecule has 0 aliphatic heterocycles. The molecule has 0 fully saturated rings. The van der Waals surface area contributed by atoms with Crippen LogP contribution in [0.25, 0.3) is 0 Å². The maximum absolute atomic E-state index is 10.9. The molecular formula is C14H33N5O4. The Bertz CT molecular complexity index is 251. The van der Waals surface area contributed by atoms with E-state index >= 15 is 0 Å². The van der Waals surface area contributed by atoms with E-state index < -0.39 is 24.3 Å². The van der Waals surface area contributed by atoms with Crippen LogP contribution in [0.2, 0.25) is 0 Å². The molecule has 0 heterocycles. The zero-order valence-corrected chi connectivity index (χ0v) is 13.7. The summed E-state index contributed by atoms with van der Waals surface area (Å²) in [6.45, 7) is 19.2. The first-order valence-corrected chi connectivity index (χ1v) is 6.42. The van der Waals surface area contributed by atoms with Crippen molar-refractivity contribution < 1.29 is 19.8 Å². The van der Waals surface area contributed by atoms with E-state index in [1.807, 2.05) is 0 Å². The molecule has 11 N–H and O–H groups in total. The number of carbonyl (C=O) groups excluding carboxylic acids is 2. The molecule has 3 atom stereocenters. The quantitative estimate of drug-likeness (QED) is 0.158. The smallest absolute Gasteiger partial charge is 0.253 e. The number of nitrogens with one attached hydrogen (secondary N) is 1.